The summed E-state index contributed by atoms with van der Waals surface area (Å²) in [6.45, 7) is 3.39. The number of ether oxygens (including phenoxy) is 1. The summed E-state index contributed by atoms with van der Waals surface area (Å²) in [5.74, 6) is -0.0166. The van der Waals surface area contributed by atoms with Gasteiger partial charge in [-0.2, -0.15) is 0 Å². The Kier molecular flexibility index (Phi) is 6.71. The molecular formula is C17H24BrNO2. The van der Waals surface area contributed by atoms with Crippen LogP contribution >= 0.6 is 15.9 Å². The van der Waals surface area contributed by atoms with Crippen molar-refractivity contribution >= 4 is 21.8 Å². The first-order chi connectivity index (χ1) is 10.1. The number of hydrogen-bond donors (Lipinski definition) is 1. The van der Waals surface area contributed by atoms with E-state index in [2.05, 4.69) is 21.2 Å². The molecular weight excluding hydrogens is 330 g/mol. The average molecular weight is 354 g/mol. The van der Waals surface area contributed by atoms with E-state index in [9.17, 15) is 4.79 Å². The van der Waals surface area contributed by atoms with E-state index in [-0.39, 0.29) is 5.91 Å². The molecule has 1 aromatic rings. The molecule has 4 heteroatoms. The van der Waals surface area contributed by atoms with E-state index in [1.165, 1.54) is 32.1 Å². The third-order valence-electron chi connectivity index (χ3n) is 3.82. The first-order valence-electron chi connectivity index (χ1n) is 7.82. The van der Waals surface area contributed by atoms with Crippen molar-refractivity contribution in [1.82, 2.24) is 5.32 Å². The van der Waals surface area contributed by atoms with Gasteiger partial charge in [0.2, 0.25) is 0 Å². The molecule has 0 bridgehead atoms. The summed E-state index contributed by atoms with van der Waals surface area (Å²) in [7, 11) is 0. The van der Waals surface area contributed by atoms with Crippen LogP contribution in [0.15, 0.2) is 22.7 Å². The third kappa shape index (κ3) is 5.79. The van der Waals surface area contributed by atoms with E-state index in [1.54, 1.807) is 0 Å². The van der Waals surface area contributed by atoms with Gasteiger partial charge < -0.3 is 10.1 Å². The van der Waals surface area contributed by atoms with Gasteiger partial charge in [0.25, 0.3) is 5.91 Å². The van der Waals surface area contributed by atoms with E-state index in [4.69, 9.17) is 4.74 Å². The second-order valence-corrected chi connectivity index (χ2v) is 6.67. The lowest BCUT2D eigenvalue weighted by molar-refractivity contribution is 0.0273. The van der Waals surface area contributed by atoms with Gasteiger partial charge in [-0.1, -0.05) is 35.2 Å². The van der Waals surface area contributed by atoms with Gasteiger partial charge in [-0.05, 0) is 49.9 Å². The topological polar surface area (TPSA) is 38.3 Å². The van der Waals surface area contributed by atoms with Crippen LogP contribution in [0.5, 0.6) is 0 Å². The van der Waals surface area contributed by atoms with Crippen LogP contribution in [-0.4, -0.2) is 25.2 Å². The summed E-state index contributed by atoms with van der Waals surface area (Å²) in [5, 5.41) is 2.95. The maximum absolute atomic E-state index is 12.0. The number of rotatable bonds is 6. The normalized spacial score (nSPS) is 15.9. The number of aryl methyl sites for hydroxylation is 1. The molecule has 1 aliphatic rings. The summed E-state index contributed by atoms with van der Waals surface area (Å²) in [6, 6.07) is 5.74. The van der Waals surface area contributed by atoms with E-state index < -0.39 is 0 Å². The van der Waals surface area contributed by atoms with Gasteiger partial charge >= 0.3 is 0 Å². The SMILES string of the molecule is Cc1cc(Br)cc(C(=O)NCCCOC2CCCCC2)c1. The number of amides is 1. The number of carbonyl (C=O) groups excluding carboxylic acids is 1. The molecule has 0 radical (unpaired) electrons. The minimum Gasteiger partial charge on any atom is -0.378 e. The Hall–Kier alpha value is -0.870. The highest BCUT2D eigenvalue weighted by atomic mass is 79.9. The molecule has 21 heavy (non-hydrogen) atoms. The molecule has 3 nitrogen and oxygen atoms in total. The Morgan fingerprint density at radius 2 is 2.05 bits per heavy atom. The number of benzene rings is 1. The predicted octanol–water partition coefficient (Wildman–Crippen LogP) is 4.23. The average Bonchev–Trinajstić information content (AvgIpc) is 2.47. The van der Waals surface area contributed by atoms with Crippen molar-refractivity contribution in [1.29, 1.82) is 0 Å². The minimum absolute atomic E-state index is 0.0166. The van der Waals surface area contributed by atoms with Gasteiger partial charge in [-0.25, -0.2) is 0 Å². The van der Waals surface area contributed by atoms with Crippen LogP contribution in [0.1, 0.15) is 54.4 Å². The van der Waals surface area contributed by atoms with Crippen molar-refractivity contribution in [2.45, 2.75) is 51.6 Å². The fourth-order valence-corrected chi connectivity index (χ4v) is 3.33. The molecule has 0 aromatic heterocycles. The molecule has 0 aliphatic heterocycles. The molecule has 2 rings (SSSR count). The Bertz CT molecular complexity index is 450. The molecule has 0 atom stereocenters. The Morgan fingerprint density at radius 3 is 2.76 bits per heavy atom. The Morgan fingerprint density at radius 1 is 1.29 bits per heavy atom. The maximum Gasteiger partial charge on any atom is 0.251 e. The monoisotopic (exact) mass is 353 g/mol. The van der Waals surface area contributed by atoms with Gasteiger partial charge in [0.05, 0.1) is 6.10 Å². The lowest BCUT2D eigenvalue weighted by Crippen LogP contribution is -2.26. The Labute approximate surface area is 135 Å². The number of halogens is 1. The largest absolute Gasteiger partial charge is 0.378 e. The van der Waals surface area contributed by atoms with Crippen LogP contribution in [0.25, 0.3) is 0 Å². The van der Waals surface area contributed by atoms with Crippen molar-refractivity contribution in [3.05, 3.63) is 33.8 Å². The summed E-state index contributed by atoms with van der Waals surface area (Å²) in [6.07, 6.45) is 7.65. The van der Waals surface area contributed by atoms with E-state index in [0.717, 1.165) is 23.1 Å². The summed E-state index contributed by atoms with van der Waals surface area (Å²) < 4.78 is 6.79. The lowest BCUT2D eigenvalue weighted by atomic mass is 9.98. The highest BCUT2D eigenvalue weighted by Gasteiger charge is 2.13. The molecule has 1 aliphatic carbocycles. The molecule has 0 heterocycles. The molecule has 0 saturated heterocycles. The van der Waals surface area contributed by atoms with Crippen LogP contribution in [0, 0.1) is 6.92 Å². The van der Waals surface area contributed by atoms with Crippen LogP contribution < -0.4 is 5.32 Å². The first kappa shape index (κ1) is 16.5. The quantitative estimate of drug-likeness (QED) is 0.777. The van der Waals surface area contributed by atoms with E-state index in [0.29, 0.717) is 18.2 Å². The van der Waals surface area contributed by atoms with Crippen LogP contribution in [0.3, 0.4) is 0 Å². The molecule has 1 saturated carbocycles. The van der Waals surface area contributed by atoms with Gasteiger partial charge in [0.1, 0.15) is 0 Å². The van der Waals surface area contributed by atoms with Crippen LogP contribution in [0.4, 0.5) is 0 Å². The Balaban J connectivity index is 1.64. The van der Waals surface area contributed by atoms with Gasteiger partial charge in [0, 0.05) is 23.2 Å². The zero-order valence-corrected chi connectivity index (χ0v) is 14.2. The predicted molar refractivity (Wildman–Crippen MR) is 88.7 cm³/mol. The molecule has 1 aromatic carbocycles. The second-order valence-electron chi connectivity index (χ2n) is 5.76. The zero-order chi connectivity index (χ0) is 15.1. The summed E-state index contributed by atoms with van der Waals surface area (Å²) in [4.78, 5) is 12.0. The minimum atomic E-state index is -0.0166. The molecule has 116 valence electrons. The van der Waals surface area contributed by atoms with Crippen molar-refractivity contribution in [3.8, 4) is 0 Å². The third-order valence-corrected chi connectivity index (χ3v) is 4.27. The fourth-order valence-electron chi connectivity index (χ4n) is 2.73. The number of nitrogens with one attached hydrogen (secondary N) is 1. The van der Waals surface area contributed by atoms with Crippen molar-refractivity contribution in [2.24, 2.45) is 0 Å². The lowest BCUT2D eigenvalue weighted by Gasteiger charge is -2.21. The highest BCUT2D eigenvalue weighted by Crippen LogP contribution is 2.20. The maximum atomic E-state index is 12.0. The number of carbonyl (C=O) groups is 1. The van der Waals surface area contributed by atoms with Crippen LogP contribution in [-0.2, 0) is 4.74 Å². The van der Waals surface area contributed by atoms with Crippen molar-refractivity contribution < 1.29 is 9.53 Å². The molecule has 1 fully saturated rings. The van der Waals surface area contributed by atoms with Crippen LogP contribution in [0.2, 0.25) is 0 Å². The summed E-state index contributed by atoms with van der Waals surface area (Å²) in [5.41, 5.74) is 1.78. The fraction of sp³-hybridized carbons (Fsp3) is 0.588. The zero-order valence-electron chi connectivity index (χ0n) is 12.7. The van der Waals surface area contributed by atoms with Gasteiger partial charge in [-0.3, -0.25) is 4.79 Å². The molecule has 0 spiro atoms. The smallest absolute Gasteiger partial charge is 0.251 e. The molecule has 1 N–H and O–H groups in total. The standard InChI is InChI=1S/C17H24BrNO2/c1-13-10-14(12-15(18)11-13)17(20)19-8-5-9-21-16-6-3-2-4-7-16/h10-12,16H,2-9H2,1H3,(H,19,20). The van der Waals surface area contributed by atoms with Gasteiger partial charge in [0.15, 0.2) is 0 Å². The highest BCUT2D eigenvalue weighted by molar-refractivity contribution is 9.10. The second kappa shape index (κ2) is 8.54. The molecule has 1 amide bonds. The van der Waals surface area contributed by atoms with Gasteiger partial charge in [-0.15, -0.1) is 0 Å². The molecule has 0 unspecified atom stereocenters. The van der Waals surface area contributed by atoms with E-state index in [1.807, 2.05) is 25.1 Å². The first-order valence-corrected chi connectivity index (χ1v) is 8.61. The van der Waals surface area contributed by atoms with E-state index >= 15 is 0 Å². The van der Waals surface area contributed by atoms with Crippen molar-refractivity contribution in [3.63, 3.8) is 0 Å². The number of hydrogen-bond acceptors (Lipinski definition) is 2. The van der Waals surface area contributed by atoms with Crippen molar-refractivity contribution in [2.75, 3.05) is 13.2 Å². The summed E-state index contributed by atoms with van der Waals surface area (Å²) >= 11 is 3.42.